The number of fused-ring (bicyclic) bond motifs is 18. The van der Waals surface area contributed by atoms with Gasteiger partial charge in [0.25, 0.3) is 0 Å². The maximum Gasteiger partial charge on any atom is 0.160 e. The fraction of sp³-hybridized carbons (Fsp3) is 0.178. The van der Waals surface area contributed by atoms with Gasteiger partial charge in [0.2, 0.25) is 0 Å². The van der Waals surface area contributed by atoms with Gasteiger partial charge < -0.3 is 18.6 Å². The van der Waals surface area contributed by atoms with E-state index in [9.17, 15) is 0 Å². The Bertz CT molecular complexity index is 4300. The van der Waals surface area contributed by atoms with Crippen molar-refractivity contribution < 1.29 is 8.83 Å². The lowest BCUT2D eigenvalue weighted by atomic mass is 9.70. The third-order valence-electron chi connectivity index (χ3n) is 18.4. The highest BCUT2D eigenvalue weighted by molar-refractivity contribution is 6.26. The Morgan fingerprint density at radius 3 is 1.09 bits per heavy atom. The molecule has 0 bridgehead atoms. The quantitative estimate of drug-likeness (QED) is 0.166. The van der Waals surface area contributed by atoms with E-state index in [1.54, 1.807) is 0 Å². The molecule has 0 atom stereocenters. The van der Waals surface area contributed by atoms with Crippen LogP contribution in [0.25, 0.3) is 66.1 Å². The third kappa shape index (κ3) is 6.45. The molecule has 4 heteroatoms. The second-order valence-electron chi connectivity index (χ2n) is 22.6. The molecular weight excluding hydrogens is 937 g/mol. The van der Waals surface area contributed by atoms with E-state index in [1.165, 1.54) is 100 Å². The first kappa shape index (κ1) is 46.9. The van der Waals surface area contributed by atoms with Crippen LogP contribution >= 0.6 is 0 Å². The van der Waals surface area contributed by atoms with Crippen LogP contribution in [0.2, 0.25) is 0 Å². The van der Waals surface area contributed by atoms with Crippen molar-refractivity contribution in [2.24, 2.45) is 0 Å². The summed E-state index contributed by atoms with van der Waals surface area (Å²) >= 11 is 0. The molecule has 376 valence electrons. The van der Waals surface area contributed by atoms with Crippen molar-refractivity contribution in [3.8, 4) is 22.3 Å². The van der Waals surface area contributed by atoms with E-state index in [0.29, 0.717) is 0 Å². The maximum atomic E-state index is 7.59. The first-order valence-corrected chi connectivity index (χ1v) is 27.2. The molecule has 2 aliphatic carbocycles. The third-order valence-corrected chi connectivity index (χ3v) is 18.4. The number of aryl methyl sites for hydroxylation is 8. The van der Waals surface area contributed by atoms with Crippen molar-refractivity contribution in [1.82, 2.24) is 0 Å². The molecule has 0 saturated heterocycles. The highest BCUT2D eigenvalue weighted by atomic mass is 16.3. The number of hydrogen-bond donors (Lipinski definition) is 0. The monoisotopic (exact) mass is 998 g/mol. The Morgan fingerprint density at radius 2 is 0.649 bits per heavy atom. The highest BCUT2D eigenvalue weighted by Crippen LogP contribution is 2.68. The van der Waals surface area contributed by atoms with Crippen molar-refractivity contribution in [3.05, 3.63) is 247 Å². The van der Waals surface area contributed by atoms with Gasteiger partial charge in [0.1, 0.15) is 16.7 Å². The summed E-state index contributed by atoms with van der Waals surface area (Å²) in [7, 11) is 0. The molecule has 0 radical (unpaired) electrons. The number of furan rings is 2. The predicted octanol–water partition coefficient (Wildman–Crippen LogP) is 20.5. The van der Waals surface area contributed by atoms with Crippen LogP contribution in [0.15, 0.2) is 167 Å². The van der Waals surface area contributed by atoms with Crippen molar-refractivity contribution in [2.45, 2.75) is 88.5 Å². The SMILES string of the molecule is Cc1cc(N(c2cc(C)c(C)c(C)c2)c2cc3c(c4c2oc2ccccc24)-c2c(cc(N(c4cc(C)c(C)c(C)c4)c4cc(C)c(C)c(C)c4)c4c2oc2ccccc24)C32c3ccccc3-c3ccccc32)cc(C)c1C. The van der Waals surface area contributed by atoms with Crippen LogP contribution in [0.5, 0.6) is 0 Å². The van der Waals surface area contributed by atoms with Gasteiger partial charge in [0.15, 0.2) is 5.58 Å². The number of para-hydroxylation sites is 2. The van der Waals surface area contributed by atoms with Crippen molar-refractivity contribution in [3.63, 3.8) is 0 Å². The van der Waals surface area contributed by atoms with Crippen LogP contribution in [-0.2, 0) is 5.41 Å². The largest absolute Gasteiger partial charge is 0.455 e. The molecule has 4 nitrogen and oxygen atoms in total. The molecule has 0 fully saturated rings. The van der Waals surface area contributed by atoms with Crippen molar-refractivity contribution in [2.75, 3.05) is 9.80 Å². The average Bonchev–Trinajstić information content (AvgIpc) is 3.77. The molecule has 0 saturated carbocycles. The summed E-state index contributed by atoms with van der Waals surface area (Å²) in [5.41, 5.74) is 34.0. The summed E-state index contributed by atoms with van der Waals surface area (Å²) in [6.45, 7) is 26.9. The molecule has 1 spiro atoms. The standard InChI is InChI=1S/C73H62N2O2/c1-39-29-51(30-40(2)47(39)9)74(52-31-41(3)48(10)42(4)32-52)63-37-62-70(72-67(63)57-23-15-19-27-65(57)77-72)69-61(73(62)59-25-17-13-21-55(59)56-22-14-18-26-60(56)73)38-64(71-68(69)58-24-16-20-28-66(58)76-71)75(53-33-43(5)49(11)44(6)34-53)54-35-45(7)50(12)46(8)36-54/h13-38H,1-12H3. The Hall–Kier alpha value is -8.60. The molecule has 14 rings (SSSR count). The minimum atomic E-state index is -0.797. The molecule has 0 unspecified atom stereocenters. The van der Waals surface area contributed by atoms with Gasteiger partial charge in [-0.15, -0.1) is 0 Å². The van der Waals surface area contributed by atoms with E-state index in [-0.39, 0.29) is 0 Å². The Kier molecular flexibility index (Phi) is 10.2. The van der Waals surface area contributed by atoms with Gasteiger partial charge in [-0.25, -0.2) is 0 Å². The summed E-state index contributed by atoms with van der Waals surface area (Å²) in [6, 6.07) is 59.7. The predicted molar refractivity (Wildman–Crippen MR) is 324 cm³/mol. The molecule has 2 aliphatic rings. The van der Waals surface area contributed by atoms with E-state index in [2.05, 4.69) is 251 Å². The summed E-state index contributed by atoms with van der Waals surface area (Å²) in [5, 5.41) is 4.31. The molecular formula is C73H62N2O2. The van der Waals surface area contributed by atoms with Crippen LogP contribution in [0, 0.1) is 83.1 Å². The van der Waals surface area contributed by atoms with E-state index >= 15 is 0 Å². The number of rotatable bonds is 6. The molecule has 10 aromatic carbocycles. The smallest absolute Gasteiger partial charge is 0.160 e. The first-order valence-electron chi connectivity index (χ1n) is 27.2. The minimum absolute atomic E-state index is 0.797. The molecule has 12 aromatic rings. The van der Waals surface area contributed by atoms with E-state index < -0.39 is 5.41 Å². The Morgan fingerprint density at radius 1 is 0.312 bits per heavy atom. The van der Waals surface area contributed by atoms with Crippen molar-refractivity contribution in [1.29, 1.82) is 0 Å². The van der Waals surface area contributed by atoms with Crippen LogP contribution in [0.1, 0.15) is 89.0 Å². The summed E-state index contributed by atoms with van der Waals surface area (Å²) in [4.78, 5) is 5.02. The van der Waals surface area contributed by atoms with Gasteiger partial charge in [0.05, 0.1) is 22.2 Å². The fourth-order valence-corrected chi connectivity index (χ4v) is 13.6. The number of benzene rings is 10. The van der Waals surface area contributed by atoms with Gasteiger partial charge in [-0.05, 0) is 256 Å². The lowest BCUT2D eigenvalue weighted by Gasteiger charge is -2.34. The highest BCUT2D eigenvalue weighted by Gasteiger charge is 2.54. The van der Waals surface area contributed by atoms with Gasteiger partial charge in [-0.3, -0.25) is 0 Å². The van der Waals surface area contributed by atoms with Gasteiger partial charge >= 0.3 is 0 Å². The zero-order valence-corrected chi connectivity index (χ0v) is 46.2. The first-order chi connectivity index (χ1) is 37.1. The lowest BCUT2D eigenvalue weighted by molar-refractivity contribution is 0.668. The van der Waals surface area contributed by atoms with Crippen LogP contribution in [-0.4, -0.2) is 0 Å². The second kappa shape index (κ2) is 16.7. The van der Waals surface area contributed by atoms with E-state index in [4.69, 9.17) is 8.83 Å². The van der Waals surface area contributed by atoms with E-state index in [1.807, 2.05) is 0 Å². The molecule has 0 amide bonds. The average molecular weight is 999 g/mol. The molecule has 2 heterocycles. The number of anilines is 6. The zero-order valence-electron chi connectivity index (χ0n) is 46.2. The Labute approximate surface area is 451 Å². The number of hydrogen-bond acceptors (Lipinski definition) is 4. The van der Waals surface area contributed by atoms with Gasteiger partial charge in [-0.1, -0.05) is 84.9 Å². The molecule has 77 heavy (non-hydrogen) atoms. The van der Waals surface area contributed by atoms with Crippen LogP contribution in [0.4, 0.5) is 34.1 Å². The van der Waals surface area contributed by atoms with Crippen molar-refractivity contribution >= 4 is 78.0 Å². The van der Waals surface area contributed by atoms with Crippen LogP contribution < -0.4 is 9.80 Å². The zero-order chi connectivity index (χ0) is 53.1. The van der Waals surface area contributed by atoms with E-state index in [0.717, 1.165) is 89.1 Å². The summed E-state index contributed by atoms with van der Waals surface area (Å²) in [5.74, 6) is 0. The van der Waals surface area contributed by atoms with Gasteiger partial charge in [-0.2, -0.15) is 0 Å². The maximum absolute atomic E-state index is 7.59. The minimum Gasteiger partial charge on any atom is -0.455 e. The summed E-state index contributed by atoms with van der Waals surface area (Å²) in [6.07, 6.45) is 0. The van der Waals surface area contributed by atoms with Crippen LogP contribution in [0.3, 0.4) is 0 Å². The summed E-state index contributed by atoms with van der Waals surface area (Å²) < 4.78 is 15.0. The van der Waals surface area contributed by atoms with Gasteiger partial charge in [0, 0.05) is 50.0 Å². The molecule has 0 aliphatic heterocycles. The molecule has 2 aromatic heterocycles. The molecule has 0 N–H and O–H groups in total. The normalized spacial score (nSPS) is 13.0. The topological polar surface area (TPSA) is 32.8 Å². The fourth-order valence-electron chi connectivity index (χ4n) is 13.6. The second-order valence-corrected chi connectivity index (χ2v) is 22.6. The Balaban J connectivity index is 1.22. The number of nitrogens with zero attached hydrogens (tertiary/aromatic N) is 2. The lowest BCUT2D eigenvalue weighted by Crippen LogP contribution is -2.26.